The largest absolute Gasteiger partial charge is 0.493 e. The summed E-state index contributed by atoms with van der Waals surface area (Å²) in [5, 5.41) is 13.6. The average Bonchev–Trinajstić information content (AvgIpc) is 2.82. The topological polar surface area (TPSA) is 71.3 Å². The molecule has 0 heterocycles. The quantitative estimate of drug-likeness (QED) is 0.258. The molecule has 0 radical (unpaired) electrons. The van der Waals surface area contributed by atoms with Crippen molar-refractivity contribution in [3.05, 3.63) is 98.0 Å². The molecule has 1 N–H and O–H groups in total. The summed E-state index contributed by atoms with van der Waals surface area (Å²) >= 11 is 18.6. The van der Waals surface area contributed by atoms with Gasteiger partial charge in [0.25, 0.3) is 5.91 Å². The zero-order chi connectivity index (χ0) is 24.7. The molecular weight excluding hydrogens is 495 g/mol. The van der Waals surface area contributed by atoms with Gasteiger partial charge in [0.15, 0.2) is 11.5 Å². The predicted octanol–water partition coefficient (Wildman–Crippen LogP) is 7.02. The van der Waals surface area contributed by atoms with Gasteiger partial charge in [0.05, 0.1) is 18.2 Å². The van der Waals surface area contributed by atoms with Gasteiger partial charge in [-0.3, -0.25) is 4.79 Å². The van der Waals surface area contributed by atoms with Crippen LogP contribution in [0.5, 0.6) is 11.5 Å². The van der Waals surface area contributed by atoms with Crippen molar-refractivity contribution in [3.63, 3.8) is 0 Å². The fraction of sp³-hybridized carbons (Fsp3) is 0.154. The van der Waals surface area contributed by atoms with Gasteiger partial charge in [0, 0.05) is 15.6 Å². The number of nitrogens with zero attached hydrogens (tertiary/aromatic N) is 1. The molecule has 0 aliphatic rings. The molecule has 1 amide bonds. The van der Waals surface area contributed by atoms with Gasteiger partial charge < -0.3 is 14.8 Å². The Morgan fingerprint density at radius 1 is 1.09 bits per heavy atom. The first-order valence-corrected chi connectivity index (χ1v) is 11.4. The van der Waals surface area contributed by atoms with Gasteiger partial charge >= 0.3 is 0 Å². The summed E-state index contributed by atoms with van der Waals surface area (Å²) in [6.07, 6.45) is 1.45. The van der Waals surface area contributed by atoms with E-state index in [9.17, 15) is 10.1 Å². The van der Waals surface area contributed by atoms with Crippen molar-refractivity contribution in [3.8, 4) is 17.6 Å². The Hall–Kier alpha value is -3.17. The molecule has 0 saturated carbocycles. The Balaban J connectivity index is 1.80. The minimum atomic E-state index is -0.494. The molecule has 0 aromatic heterocycles. The first-order chi connectivity index (χ1) is 16.3. The Bertz CT molecular complexity index is 1250. The Kier molecular flexibility index (Phi) is 8.84. The van der Waals surface area contributed by atoms with Crippen LogP contribution >= 0.6 is 34.8 Å². The van der Waals surface area contributed by atoms with Crippen molar-refractivity contribution < 1.29 is 14.3 Å². The average molecular weight is 516 g/mol. The predicted molar refractivity (Wildman–Crippen MR) is 135 cm³/mol. The molecule has 0 saturated heterocycles. The molecule has 0 aliphatic heterocycles. The maximum atomic E-state index is 12.7. The van der Waals surface area contributed by atoms with Crippen LogP contribution in [0.25, 0.3) is 6.08 Å². The van der Waals surface area contributed by atoms with E-state index in [1.54, 1.807) is 30.3 Å². The molecule has 1 atom stereocenters. The van der Waals surface area contributed by atoms with E-state index in [1.807, 2.05) is 43.3 Å². The lowest BCUT2D eigenvalue weighted by atomic mass is 10.1. The van der Waals surface area contributed by atoms with E-state index >= 15 is 0 Å². The van der Waals surface area contributed by atoms with Crippen LogP contribution in [0.4, 0.5) is 0 Å². The molecule has 0 bridgehead atoms. The second kappa shape index (κ2) is 11.8. The van der Waals surface area contributed by atoms with Crippen LogP contribution in [0, 0.1) is 11.3 Å². The highest BCUT2D eigenvalue weighted by Crippen LogP contribution is 2.38. The van der Waals surface area contributed by atoms with Crippen LogP contribution in [0.15, 0.2) is 66.2 Å². The van der Waals surface area contributed by atoms with Gasteiger partial charge in [-0.15, -0.1) is 0 Å². The van der Waals surface area contributed by atoms with Crippen molar-refractivity contribution in [1.29, 1.82) is 5.26 Å². The lowest BCUT2D eigenvalue weighted by molar-refractivity contribution is -0.117. The minimum Gasteiger partial charge on any atom is -0.493 e. The van der Waals surface area contributed by atoms with Crippen molar-refractivity contribution in [1.82, 2.24) is 5.32 Å². The number of carbonyl (C=O) groups excluding carboxylic acids is 1. The number of hydrogen-bond donors (Lipinski definition) is 1. The van der Waals surface area contributed by atoms with E-state index in [2.05, 4.69) is 5.32 Å². The number of hydrogen-bond acceptors (Lipinski definition) is 4. The summed E-state index contributed by atoms with van der Waals surface area (Å²) in [5.41, 5.74) is 2.10. The molecule has 0 aliphatic carbocycles. The normalized spacial score (nSPS) is 11.9. The third-order valence-corrected chi connectivity index (χ3v) is 5.83. The summed E-state index contributed by atoms with van der Waals surface area (Å²) in [6, 6.07) is 19.5. The van der Waals surface area contributed by atoms with Crippen molar-refractivity contribution in [2.24, 2.45) is 0 Å². The second-order valence-corrected chi connectivity index (χ2v) is 8.59. The Labute approximate surface area is 213 Å². The van der Waals surface area contributed by atoms with E-state index in [4.69, 9.17) is 44.3 Å². The monoisotopic (exact) mass is 514 g/mol. The molecular formula is C26H21Cl3N2O3. The summed E-state index contributed by atoms with van der Waals surface area (Å²) < 4.78 is 11.3. The number of rotatable bonds is 8. The maximum Gasteiger partial charge on any atom is 0.262 e. The SMILES string of the molecule is COc1cc(/C=C(\C#N)C(=O)N[C@H](C)c2ccccc2)cc(Cl)c1OCc1ccc(Cl)cc1Cl. The zero-order valence-electron chi connectivity index (χ0n) is 18.4. The van der Waals surface area contributed by atoms with Gasteiger partial charge in [0.2, 0.25) is 0 Å². The number of halogens is 3. The molecule has 8 heteroatoms. The molecule has 0 unspecified atom stereocenters. The van der Waals surface area contributed by atoms with Crippen LogP contribution in [-0.2, 0) is 11.4 Å². The van der Waals surface area contributed by atoms with E-state index in [0.717, 1.165) is 11.1 Å². The Morgan fingerprint density at radius 3 is 2.47 bits per heavy atom. The highest BCUT2D eigenvalue weighted by molar-refractivity contribution is 6.35. The lowest BCUT2D eigenvalue weighted by Crippen LogP contribution is -2.27. The number of amides is 1. The number of nitriles is 1. The van der Waals surface area contributed by atoms with Gasteiger partial charge in [-0.2, -0.15) is 5.26 Å². The first kappa shape index (κ1) is 25.5. The highest BCUT2D eigenvalue weighted by Gasteiger charge is 2.16. The lowest BCUT2D eigenvalue weighted by Gasteiger charge is -2.15. The van der Waals surface area contributed by atoms with Gasteiger partial charge in [0.1, 0.15) is 18.2 Å². The number of ether oxygens (including phenoxy) is 2. The molecule has 3 aromatic carbocycles. The third-order valence-electron chi connectivity index (χ3n) is 4.96. The van der Waals surface area contributed by atoms with Crippen molar-refractivity contribution in [2.45, 2.75) is 19.6 Å². The maximum absolute atomic E-state index is 12.7. The molecule has 3 rings (SSSR count). The smallest absolute Gasteiger partial charge is 0.262 e. The Morgan fingerprint density at radius 2 is 1.82 bits per heavy atom. The van der Waals surface area contributed by atoms with E-state index in [-0.39, 0.29) is 23.2 Å². The van der Waals surface area contributed by atoms with Crippen molar-refractivity contribution in [2.75, 3.05) is 7.11 Å². The molecule has 0 spiro atoms. The number of benzene rings is 3. The van der Waals surface area contributed by atoms with Crippen LogP contribution in [0.2, 0.25) is 15.1 Å². The van der Waals surface area contributed by atoms with Crippen molar-refractivity contribution >= 4 is 46.8 Å². The van der Waals surface area contributed by atoms with Gasteiger partial charge in [-0.25, -0.2) is 0 Å². The summed E-state index contributed by atoms with van der Waals surface area (Å²) in [5.74, 6) is 0.166. The van der Waals surface area contributed by atoms with E-state index in [1.165, 1.54) is 13.2 Å². The highest BCUT2D eigenvalue weighted by atomic mass is 35.5. The third kappa shape index (κ3) is 6.45. The van der Waals surface area contributed by atoms with Crippen LogP contribution in [0.1, 0.15) is 29.7 Å². The van der Waals surface area contributed by atoms with E-state index < -0.39 is 5.91 Å². The van der Waals surface area contributed by atoms with Crippen LogP contribution in [-0.4, -0.2) is 13.0 Å². The summed E-state index contributed by atoms with van der Waals surface area (Å²) in [7, 11) is 1.47. The fourth-order valence-corrected chi connectivity index (χ4v) is 3.90. The summed E-state index contributed by atoms with van der Waals surface area (Å²) in [4.78, 5) is 12.7. The number of carbonyl (C=O) groups is 1. The summed E-state index contributed by atoms with van der Waals surface area (Å²) in [6.45, 7) is 1.99. The first-order valence-electron chi connectivity index (χ1n) is 10.2. The molecule has 174 valence electrons. The zero-order valence-corrected chi connectivity index (χ0v) is 20.7. The fourth-order valence-electron chi connectivity index (χ4n) is 3.17. The second-order valence-electron chi connectivity index (χ2n) is 7.33. The standard InChI is InChI=1S/C26H21Cl3N2O3/c1-16(18-6-4-3-5-7-18)31-26(32)20(14-30)10-17-11-23(29)25(24(12-17)33-2)34-15-19-8-9-21(27)13-22(19)28/h3-13,16H,15H2,1-2H3,(H,31,32)/b20-10+/t16-/m1/s1. The number of nitrogens with one attached hydrogen (secondary N) is 1. The molecule has 0 fully saturated rings. The molecule has 34 heavy (non-hydrogen) atoms. The van der Waals surface area contributed by atoms with Gasteiger partial charge in [-0.05, 0) is 48.4 Å². The van der Waals surface area contributed by atoms with E-state index in [0.29, 0.717) is 27.1 Å². The van der Waals surface area contributed by atoms with Crippen LogP contribution < -0.4 is 14.8 Å². The van der Waals surface area contributed by atoms with Gasteiger partial charge in [-0.1, -0.05) is 71.2 Å². The molecule has 5 nitrogen and oxygen atoms in total. The number of methoxy groups -OCH3 is 1. The molecule has 3 aromatic rings. The minimum absolute atomic E-state index is 0.0671. The van der Waals surface area contributed by atoms with Crippen LogP contribution in [0.3, 0.4) is 0 Å².